The summed E-state index contributed by atoms with van der Waals surface area (Å²) in [5, 5.41) is 0. The highest BCUT2D eigenvalue weighted by Gasteiger charge is 2.28. The van der Waals surface area contributed by atoms with Gasteiger partial charge in [0.05, 0.1) is 87.6 Å². The van der Waals surface area contributed by atoms with Crippen molar-refractivity contribution in [3.63, 3.8) is 0 Å². The number of hydrogen-bond acceptors (Lipinski definition) is 19. The van der Waals surface area contributed by atoms with E-state index in [0.717, 1.165) is 57.1 Å². The Morgan fingerprint density at radius 3 is 0.783 bits per heavy atom. The summed E-state index contributed by atoms with van der Waals surface area (Å²) < 4.78 is 44.5. The molecule has 16 nitrogen and oxygen atoms in total. The maximum atomic E-state index is 13.3. The molecular formula is C50H70O16S3. The van der Waals surface area contributed by atoms with Crippen LogP contribution in [0.2, 0.25) is 0 Å². The van der Waals surface area contributed by atoms with Crippen LogP contribution in [-0.2, 0) is 57.3 Å². The van der Waals surface area contributed by atoms with E-state index in [1.54, 1.807) is 41.5 Å². The van der Waals surface area contributed by atoms with E-state index in [1.807, 2.05) is 27.7 Å². The summed E-state index contributed by atoms with van der Waals surface area (Å²) in [6.45, 7) is 19.0. The average molecular weight is 1020 g/mol. The lowest BCUT2D eigenvalue weighted by Gasteiger charge is -2.22. The molecule has 0 bridgehead atoms. The molecule has 0 atom stereocenters. The van der Waals surface area contributed by atoms with Crippen molar-refractivity contribution in [3.8, 4) is 23.0 Å². The largest absolute Gasteiger partial charge is 0.466 e. The third kappa shape index (κ3) is 21.4. The number of esters is 8. The van der Waals surface area contributed by atoms with Gasteiger partial charge in [-0.05, 0) is 121 Å². The molecule has 0 unspecified atom stereocenters. The number of benzene rings is 2. The molecule has 0 saturated carbocycles. The van der Waals surface area contributed by atoms with Crippen molar-refractivity contribution in [2.45, 2.75) is 182 Å². The minimum atomic E-state index is -0.704. The zero-order valence-corrected chi connectivity index (χ0v) is 44.3. The van der Waals surface area contributed by atoms with Crippen molar-refractivity contribution in [1.29, 1.82) is 0 Å². The summed E-state index contributed by atoms with van der Waals surface area (Å²) in [6.07, 6.45) is 4.33. The quantitative estimate of drug-likeness (QED) is 0.0219. The van der Waals surface area contributed by atoms with Crippen LogP contribution in [0.4, 0.5) is 0 Å². The van der Waals surface area contributed by atoms with Crippen LogP contribution in [0.25, 0.3) is 0 Å². The number of rotatable bonds is 32. The smallest absolute Gasteiger partial charge is 0.311 e. The molecule has 0 saturated heterocycles. The van der Waals surface area contributed by atoms with Gasteiger partial charge in [-0.1, -0.05) is 53.4 Å². The highest BCUT2D eigenvalue weighted by Crippen LogP contribution is 2.56. The molecule has 384 valence electrons. The molecule has 0 N–H and O–H groups in total. The first-order valence-electron chi connectivity index (χ1n) is 23.6. The van der Waals surface area contributed by atoms with Gasteiger partial charge in [-0.2, -0.15) is 0 Å². The normalized spacial score (nSPS) is 10.8. The molecule has 0 amide bonds. The van der Waals surface area contributed by atoms with Gasteiger partial charge >= 0.3 is 47.8 Å². The fourth-order valence-electron chi connectivity index (χ4n) is 6.05. The van der Waals surface area contributed by atoms with E-state index in [0.29, 0.717) is 68.9 Å². The Balaban J connectivity index is 2.58. The van der Waals surface area contributed by atoms with Gasteiger partial charge in [0.25, 0.3) is 0 Å². The van der Waals surface area contributed by atoms with Crippen LogP contribution >= 0.6 is 31.4 Å². The lowest BCUT2D eigenvalue weighted by atomic mass is 10.0. The zero-order valence-electron chi connectivity index (χ0n) is 41.9. The van der Waals surface area contributed by atoms with Crippen LogP contribution in [0.15, 0.2) is 9.79 Å². The molecule has 0 fully saturated rings. The van der Waals surface area contributed by atoms with Crippen molar-refractivity contribution >= 4 is 79.2 Å². The summed E-state index contributed by atoms with van der Waals surface area (Å²) in [5.74, 6) is -4.20. The first kappa shape index (κ1) is 60.4. The van der Waals surface area contributed by atoms with Crippen LogP contribution in [0.1, 0.15) is 164 Å². The SMILES string of the molecule is CCCCOC(=O)CCC(=O)Oc1c(C)c(C)c(OC(=O)CCC(=O)OCCCC)c(SSSc2c(C)c(OC(=O)CCC(=O)OCCCC)c(C)c(C)c2OC(=O)CCC(=O)OCCCC)c1C. The maximum absolute atomic E-state index is 13.3. The van der Waals surface area contributed by atoms with Gasteiger partial charge in [0, 0.05) is 11.1 Å². The third-order valence-corrected chi connectivity index (χ3v) is 14.6. The summed E-state index contributed by atoms with van der Waals surface area (Å²) in [5.41, 5.74) is 2.75. The van der Waals surface area contributed by atoms with Crippen molar-refractivity contribution in [2.75, 3.05) is 26.4 Å². The van der Waals surface area contributed by atoms with Gasteiger partial charge < -0.3 is 37.9 Å². The number of unbranched alkanes of at least 4 members (excludes halogenated alkanes) is 4. The highest BCUT2D eigenvalue weighted by atomic mass is 33.5. The van der Waals surface area contributed by atoms with Gasteiger partial charge in [-0.25, -0.2) is 0 Å². The molecule has 0 spiro atoms. The average Bonchev–Trinajstić information content (AvgIpc) is 3.32. The second-order valence-corrected chi connectivity index (χ2v) is 20.1. The first-order valence-corrected chi connectivity index (χ1v) is 27.1. The van der Waals surface area contributed by atoms with E-state index in [2.05, 4.69) is 0 Å². The van der Waals surface area contributed by atoms with E-state index in [-0.39, 0.29) is 101 Å². The Labute approximate surface area is 418 Å². The molecule has 19 heteroatoms. The minimum Gasteiger partial charge on any atom is -0.466 e. The Bertz CT molecular complexity index is 1950. The molecule has 0 heterocycles. The van der Waals surface area contributed by atoms with Gasteiger partial charge in [-0.3, -0.25) is 38.4 Å². The maximum Gasteiger partial charge on any atom is 0.311 e. The summed E-state index contributed by atoms with van der Waals surface area (Å²) in [7, 11) is 3.43. The fraction of sp³-hybridized carbons (Fsp3) is 0.600. The van der Waals surface area contributed by atoms with Gasteiger partial charge in [-0.15, -0.1) is 0 Å². The Hall–Kier alpha value is -4.75. The van der Waals surface area contributed by atoms with E-state index in [9.17, 15) is 38.4 Å². The second-order valence-electron chi connectivity index (χ2n) is 16.2. The molecule has 2 aromatic carbocycles. The molecular weight excluding hydrogens is 953 g/mol. The highest BCUT2D eigenvalue weighted by molar-refractivity contribution is 9.09. The van der Waals surface area contributed by atoms with Crippen LogP contribution in [-0.4, -0.2) is 74.2 Å². The summed E-state index contributed by atoms with van der Waals surface area (Å²) >= 11 is 0. The van der Waals surface area contributed by atoms with E-state index in [4.69, 9.17) is 37.9 Å². The molecule has 0 radical (unpaired) electrons. The Morgan fingerprint density at radius 2 is 0.536 bits per heavy atom. The molecule has 0 aliphatic heterocycles. The first-order chi connectivity index (χ1) is 32.9. The number of hydrogen-bond donors (Lipinski definition) is 0. The van der Waals surface area contributed by atoms with Crippen molar-refractivity contribution in [2.24, 2.45) is 0 Å². The third-order valence-electron chi connectivity index (χ3n) is 10.5. The summed E-state index contributed by atoms with van der Waals surface area (Å²) in [6, 6.07) is 0. The predicted molar refractivity (Wildman–Crippen MR) is 264 cm³/mol. The molecule has 69 heavy (non-hydrogen) atoms. The van der Waals surface area contributed by atoms with Crippen LogP contribution in [0, 0.1) is 41.5 Å². The molecule has 0 aliphatic rings. The molecule has 0 aliphatic carbocycles. The van der Waals surface area contributed by atoms with E-state index >= 15 is 0 Å². The van der Waals surface area contributed by atoms with Crippen LogP contribution in [0.3, 0.4) is 0 Å². The van der Waals surface area contributed by atoms with E-state index < -0.39 is 47.8 Å². The van der Waals surface area contributed by atoms with Gasteiger partial charge in [0.2, 0.25) is 0 Å². The van der Waals surface area contributed by atoms with Crippen molar-refractivity contribution < 1.29 is 76.3 Å². The van der Waals surface area contributed by atoms with Gasteiger partial charge in [0.15, 0.2) is 0 Å². The number of carbonyl (C=O) groups is 8. The zero-order chi connectivity index (χ0) is 51.5. The standard InChI is InChI=1S/C50H70O16S3/c1-11-15-27-59-37(51)19-23-41(55)63-45-31(5)33(7)47(65-43(57)25-21-39(53)61-29-17-13-3)49(35(45)9)67-69-68-50-36(10)46(64-42(56)24-20-38(52)60-28-16-12-2)32(6)34(8)48(50)66-44(58)26-22-40(54)62-30-18-14-4/h11-30H2,1-10H3. The molecule has 2 rings (SSSR count). The van der Waals surface area contributed by atoms with Crippen LogP contribution in [0.5, 0.6) is 23.0 Å². The topological polar surface area (TPSA) is 210 Å². The second kappa shape index (κ2) is 32.9. The lowest BCUT2D eigenvalue weighted by Crippen LogP contribution is -2.16. The molecule has 2 aromatic rings. The van der Waals surface area contributed by atoms with Crippen LogP contribution < -0.4 is 18.9 Å². The lowest BCUT2D eigenvalue weighted by molar-refractivity contribution is -0.147. The van der Waals surface area contributed by atoms with Gasteiger partial charge in [0.1, 0.15) is 23.0 Å². The van der Waals surface area contributed by atoms with Crippen molar-refractivity contribution in [3.05, 3.63) is 33.4 Å². The van der Waals surface area contributed by atoms with Crippen molar-refractivity contribution in [1.82, 2.24) is 0 Å². The van der Waals surface area contributed by atoms with E-state index in [1.165, 1.54) is 0 Å². The Morgan fingerprint density at radius 1 is 0.319 bits per heavy atom. The minimum absolute atomic E-state index is 0.156. The monoisotopic (exact) mass is 1020 g/mol. The summed E-state index contributed by atoms with van der Waals surface area (Å²) in [4.78, 5) is 103. The number of ether oxygens (including phenoxy) is 8. The number of carbonyl (C=O) groups excluding carboxylic acids is 8. The Kier molecular flexibility index (Phi) is 28.8. The molecule has 0 aromatic heterocycles. The fourth-order valence-corrected chi connectivity index (χ4v) is 10.4. The predicted octanol–water partition coefficient (Wildman–Crippen LogP) is 11.1.